The molecule has 0 saturated heterocycles. The van der Waals surface area contributed by atoms with E-state index in [0.717, 1.165) is 34.3 Å². The number of H-pyrrole nitrogens is 1. The van der Waals surface area contributed by atoms with Gasteiger partial charge in [-0.2, -0.15) is 5.26 Å². The molecule has 1 N–H and O–H groups in total. The van der Waals surface area contributed by atoms with E-state index in [9.17, 15) is 5.26 Å². The van der Waals surface area contributed by atoms with Crippen LogP contribution >= 0.6 is 0 Å². The highest BCUT2D eigenvalue weighted by Crippen LogP contribution is 2.35. The molecule has 0 atom stereocenters. The van der Waals surface area contributed by atoms with Crippen LogP contribution in [0, 0.1) is 11.3 Å². The third kappa shape index (κ3) is 4.07. The van der Waals surface area contributed by atoms with Crippen LogP contribution < -0.4 is 9.47 Å². The highest BCUT2D eigenvalue weighted by Gasteiger charge is 2.14. The van der Waals surface area contributed by atoms with Gasteiger partial charge in [0.1, 0.15) is 11.9 Å². The van der Waals surface area contributed by atoms with Gasteiger partial charge in [-0.25, -0.2) is 4.98 Å². The van der Waals surface area contributed by atoms with Crippen molar-refractivity contribution in [3.63, 3.8) is 0 Å². The first kappa shape index (κ1) is 19.2. The lowest BCUT2D eigenvalue weighted by atomic mass is 10.0. The first-order valence-corrected chi connectivity index (χ1v) is 9.21. The van der Waals surface area contributed by atoms with Crippen LogP contribution in [0.25, 0.3) is 22.7 Å². The van der Waals surface area contributed by atoms with Gasteiger partial charge < -0.3 is 14.5 Å². The van der Waals surface area contributed by atoms with Gasteiger partial charge in [-0.15, -0.1) is 6.58 Å². The van der Waals surface area contributed by atoms with E-state index < -0.39 is 0 Å². The number of ether oxygens (including phenoxy) is 2. The summed E-state index contributed by atoms with van der Waals surface area (Å²) in [5, 5.41) is 9.69. The van der Waals surface area contributed by atoms with Crippen LogP contribution in [0.15, 0.2) is 49.1 Å². The van der Waals surface area contributed by atoms with Gasteiger partial charge in [0.05, 0.1) is 30.3 Å². The molecule has 5 heteroatoms. The lowest BCUT2D eigenvalue weighted by Crippen LogP contribution is -2.02. The monoisotopic (exact) mass is 373 g/mol. The van der Waals surface area contributed by atoms with E-state index in [2.05, 4.69) is 29.5 Å². The summed E-state index contributed by atoms with van der Waals surface area (Å²) in [6.45, 7) is 6.50. The molecule has 1 heterocycles. The number of benzene rings is 2. The summed E-state index contributed by atoms with van der Waals surface area (Å²) in [5.74, 6) is 1.91. The zero-order valence-corrected chi connectivity index (χ0v) is 16.2. The maximum absolute atomic E-state index is 9.69. The number of aromatic amines is 1. The first-order valence-electron chi connectivity index (χ1n) is 9.21. The van der Waals surface area contributed by atoms with Crippen LogP contribution in [0.2, 0.25) is 0 Å². The molecule has 0 unspecified atom stereocenters. The fourth-order valence-electron chi connectivity index (χ4n) is 2.99. The minimum Gasteiger partial charge on any atom is -0.493 e. The van der Waals surface area contributed by atoms with Crippen molar-refractivity contribution in [2.24, 2.45) is 0 Å². The molecule has 0 aliphatic heterocycles. The van der Waals surface area contributed by atoms with Crippen LogP contribution in [0.1, 0.15) is 30.3 Å². The van der Waals surface area contributed by atoms with Crippen molar-refractivity contribution in [3.05, 3.63) is 66.0 Å². The van der Waals surface area contributed by atoms with Gasteiger partial charge in [0.25, 0.3) is 0 Å². The summed E-state index contributed by atoms with van der Waals surface area (Å²) in [6, 6.07) is 13.8. The van der Waals surface area contributed by atoms with Crippen LogP contribution in [-0.2, 0) is 6.42 Å². The zero-order valence-electron chi connectivity index (χ0n) is 16.2. The number of hydrogen-bond donors (Lipinski definition) is 1. The fourth-order valence-corrected chi connectivity index (χ4v) is 2.99. The van der Waals surface area contributed by atoms with Crippen LogP contribution in [0.4, 0.5) is 0 Å². The molecule has 0 aliphatic rings. The Kier molecular flexibility index (Phi) is 6.13. The van der Waals surface area contributed by atoms with Crippen molar-refractivity contribution < 1.29 is 9.47 Å². The van der Waals surface area contributed by atoms with E-state index >= 15 is 0 Å². The summed E-state index contributed by atoms with van der Waals surface area (Å²) in [6.07, 6.45) is 5.18. The Morgan fingerprint density at radius 1 is 1.32 bits per heavy atom. The van der Waals surface area contributed by atoms with E-state index in [1.165, 1.54) is 0 Å². The lowest BCUT2D eigenvalue weighted by molar-refractivity contribution is 0.291. The summed E-state index contributed by atoms with van der Waals surface area (Å²) in [5.41, 5.74) is 3.98. The average molecular weight is 373 g/mol. The molecule has 2 aromatic carbocycles. The van der Waals surface area contributed by atoms with Gasteiger partial charge in [0.2, 0.25) is 0 Å². The number of nitrogens with zero attached hydrogens (tertiary/aromatic N) is 2. The number of nitrogens with one attached hydrogen (secondary N) is 1. The number of nitriles is 1. The van der Waals surface area contributed by atoms with Gasteiger partial charge in [0, 0.05) is 5.56 Å². The molecular formula is C23H23N3O2. The predicted octanol–water partition coefficient (Wildman–Crippen LogP) is 5.15. The van der Waals surface area contributed by atoms with E-state index in [4.69, 9.17) is 9.47 Å². The number of imidazole rings is 1. The minimum absolute atomic E-state index is 0.449. The van der Waals surface area contributed by atoms with Crippen molar-refractivity contribution >= 4 is 22.7 Å². The minimum atomic E-state index is 0.449. The molecule has 5 nitrogen and oxygen atoms in total. The Labute approximate surface area is 164 Å². The second-order valence-corrected chi connectivity index (χ2v) is 6.33. The Hall–Kier alpha value is -3.52. The molecule has 28 heavy (non-hydrogen) atoms. The Balaban J connectivity index is 2.06. The van der Waals surface area contributed by atoms with Crippen molar-refractivity contribution in [2.75, 3.05) is 13.7 Å². The topological polar surface area (TPSA) is 70.9 Å². The molecule has 3 aromatic rings. The second kappa shape index (κ2) is 8.92. The lowest BCUT2D eigenvalue weighted by Gasteiger charge is -2.15. The summed E-state index contributed by atoms with van der Waals surface area (Å²) in [4.78, 5) is 7.72. The molecule has 3 rings (SSSR count). The zero-order chi connectivity index (χ0) is 19.9. The van der Waals surface area contributed by atoms with E-state index in [-0.39, 0.29) is 0 Å². The molecule has 0 aliphatic carbocycles. The third-order valence-corrected chi connectivity index (χ3v) is 4.26. The van der Waals surface area contributed by atoms with E-state index in [1.807, 2.05) is 42.5 Å². The molecule has 1 aromatic heterocycles. The molecule has 142 valence electrons. The van der Waals surface area contributed by atoms with Crippen molar-refractivity contribution in [2.45, 2.75) is 19.8 Å². The summed E-state index contributed by atoms with van der Waals surface area (Å²) in [7, 11) is 1.61. The van der Waals surface area contributed by atoms with Gasteiger partial charge in [-0.3, -0.25) is 0 Å². The van der Waals surface area contributed by atoms with Gasteiger partial charge >= 0.3 is 0 Å². The standard InChI is InChI=1S/C23H23N3O2/c1-4-8-17-12-16(14-21(27-3)22(17)28-11-5-2)13-18(15-24)23-25-19-9-6-7-10-20(19)26-23/h4,6-7,9-10,12-14H,1,5,8,11H2,2-3H3,(H,25,26)/b18-13+. The van der Waals surface area contributed by atoms with Crippen molar-refractivity contribution in [1.82, 2.24) is 9.97 Å². The number of rotatable bonds is 8. The molecule has 0 bridgehead atoms. The van der Waals surface area contributed by atoms with Gasteiger partial charge in [-0.1, -0.05) is 25.1 Å². The summed E-state index contributed by atoms with van der Waals surface area (Å²) < 4.78 is 11.4. The predicted molar refractivity (Wildman–Crippen MR) is 112 cm³/mol. The third-order valence-electron chi connectivity index (χ3n) is 4.26. The van der Waals surface area contributed by atoms with Crippen LogP contribution in [0.3, 0.4) is 0 Å². The molecule has 0 saturated carbocycles. The SMILES string of the molecule is C=CCc1cc(/C=C(\C#N)c2nc3ccccc3[nH]2)cc(OC)c1OCCC. The highest BCUT2D eigenvalue weighted by atomic mass is 16.5. The Bertz CT molecular complexity index is 1020. The summed E-state index contributed by atoms with van der Waals surface area (Å²) >= 11 is 0. The molecular weight excluding hydrogens is 350 g/mol. The molecule has 0 spiro atoms. The maximum atomic E-state index is 9.69. The number of allylic oxidation sites excluding steroid dienone is 2. The molecule has 0 radical (unpaired) electrons. The quantitative estimate of drug-likeness (QED) is 0.438. The number of hydrogen-bond acceptors (Lipinski definition) is 4. The Morgan fingerprint density at radius 3 is 2.82 bits per heavy atom. The average Bonchev–Trinajstić information content (AvgIpc) is 3.15. The fraction of sp³-hybridized carbons (Fsp3) is 0.217. The maximum Gasteiger partial charge on any atom is 0.164 e. The first-order chi connectivity index (χ1) is 13.7. The van der Waals surface area contributed by atoms with E-state index in [0.29, 0.717) is 30.2 Å². The number of fused-ring (bicyclic) bond motifs is 1. The number of aromatic nitrogens is 2. The number of para-hydroxylation sites is 2. The highest BCUT2D eigenvalue weighted by molar-refractivity contribution is 5.90. The number of methoxy groups -OCH3 is 1. The Morgan fingerprint density at radius 2 is 2.14 bits per heavy atom. The van der Waals surface area contributed by atoms with Crippen LogP contribution in [0.5, 0.6) is 11.5 Å². The largest absolute Gasteiger partial charge is 0.493 e. The molecule has 0 fully saturated rings. The van der Waals surface area contributed by atoms with Gasteiger partial charge in [0.15, 0.2) is 11.5 Å². The van der Waals surface area contributed by atoms with Crippen LogP contribution in [-0.4, -0.2) is 23.7 Å². The molecule has 0 amide bonds. The van der Waals surface area contributed by atoms with Crippen molar-refractivity contribution in [3.8, 4) is 17.6 Å². The van der Waals surface area contributed by atoms with Crippen molar-refractivity contribution in [1.29, 1.82) is 5.26 Å². The second-order valence-electron chi connectivity index (χ2n) is 6.33. The smallest absolute Gasteiger partial charge is 0.164 e. The normalized spacial score (nSPS) is 11.2. The van der Waals surface area contributed by atoms with E-state index in [1.54, 1.807) is 13.2 Å². The van der Waals surface area contributed by atoms with Gasteiger partial charge in [-0.05, 0) is 48.7 Å².